The molecule has 1 aliphatic rings. The largest absolute Gasteiger partial charge is 0.489 e. The number of nitrogens with one attached hydrogen (secondary N) is 2. The predicted octanol–water partition coefficient (Wildman–Crippen LogP) is 4.68. The molecule has 0 saturated heterocycles. The summed E-state index contributed by atoms with van der Waals surface area (Å²) in [7, 11) is 1.49. The second-order valence-corrected chi connectivity index (χ2v) is 7.20. The van der Waals surface area contributed by atoms with Gasteiger partial charge in [-0.15, -0.1) is 0 Å². The zero-order valence-corrected chi connectivity index (χ0v) is 17.8. The summed E-state index contributed by atoms with van der Waals surface area (Å²) in [4.78, 5) is 29.9. The molecule has 0 fully saturated rings. The zero-order chi connectivity index (χ0) is 24.3. The summed E-state index contributed by atoms with van der Waals surface area (Å²) >= 11 is 0. The third-order valence-corrected chi connectivity index (χ3v) is 4.91. The van der Waals surface area contributed by atoms with Crippen molar-refractivity contribution in [3.05, 3.63) is 72.1 Å². The lowest BCUT2D eigenvalue weighted by molar-refractivity contribution is -0.137. The van der Waals surface area contributed by atoms with Crippen LogP contribution in [0.3, 0.4) is 0 Å². The number of alkyl halides is 3. The molecule has 8 nitrogen and oxygen atoms in total. The molecule has 0 saturated carbocycles. The smallest absolute Gasteiger partial charge is 0.416 e. The number of aromatic nitrogens is 1. The van der Waals surface area contributed by atoms with Crippen LogP contribution in [0.4, 0.5) is 29.3 Å². The van der Waals surface area contributed by atoms with Crippen molar-refractivity contribution in [2.24, 2.45) is 0 Å². The molecule has 0 radical (unpaired) electrons. The number of carbonyl (C=O) groups is 2. The molecule has 3 amide bonds. The molecule has 2 aromatic carbocycles. The van der Waals surface area contributed by atoms with E-state index in [0.717, 1.165) is 12.1 Å². The second-order valence-electron chi connectivity index (χ2n) is 7.20. The van der Waals surface area contributed by atoms with Crippen molar-refractivity contribution < 1.29 is 32.2 Å². The number of nitrogens with zero attached hydrogens (tertiary/aromatic N) is 2. The summed E-state index contributed by atoms with van der Waals surface area (Å²) in [5.41, 5.74) is -0.210. The number of hydrogen-bond acceptors (Lipinski definition) is 5. The summed E-state index contributed by atoms with van der Waals surface area (Å²) in [6, 6.07) is 11.7. The van der Waals surface area contributed by atoms with E-state index >= 15 is 0 Å². The van der Waals surface area contributed by atoms with Crippen LogP contribution in [-0.4, -0.2) is 37.1 Å². The van der Waals surface area contributed by atoms with Gasteiger partial charge in [0.25, 0.3) is 5.91 Å². The van der Waals surface area contributed by atoms with E-state index < -0.39 is 17.8 Å². The maximum Gasteiger partial charge on any atom is 0.416 e. The minimum atomic E-state index is -4.52. The summed E-state index contributed by atoms with van der Waals surface area (Å²) in [5.74, 6) is 0.779. The third-order valence-electron chi connectivity index (χ3n) is 4.91. The van der Waals surface area contributed by atoms with E-state index in [2.05, 4.69) is 15.6 Å². The van der Waals surface area contributed by atoms with Gasteiger partial charge in [0.15, 0.2) is 0 Å². The zero-order valence-electron chi connectivity index (χ0n) is 17.8. The Kier molecular flexibility index (Phi) is 6.26. The Bertz CT molecular complexity index is 1230. The van der Waals surface area contributed by atoms with E-state index in [-0.39, 0.29) is 30.4 Å². The van der Waals surface area contributed by atoms with Crippen molar-refractivity contribution in [2.45, 2.75) is 6.18 Å². The van der Waals surface area contributed by atoms with Gasteiger partial charge in [-0.3, -0.25) is 14.7 Å². The molecule has 1 aliphatic heterocycles. The van der Waals surface area contributed by atoms with E-state index in [4.69, 9.17) is 9.47 Å². The van der Waals surface area contributed by atoms with Crippen LogP contribution in [0.15, 0.2) is 60.8 Å². The summed E-state index contributed by atoms with van der Waals surface area (Å²) in [6.45, 7) is 0.389. The average Bonchev–Trinajstić information content (AvgIpc) is 2.82. The number of carbonyl (C=O) groups excluding carboxylic acids is 2. The van der Waals surface area contributed by atoms with Crippen molar-refractivity contribution in [1.29, 1.82) is 0 Å². The number of benzene rings is 2. The fourth-order valence-electron chi connectivity index (χ4n) is 3.30. The highest BCUT2D eigenvalue weighted by atomic mass is 19.4. The Balaban J connectivity index is 1.51. The molecule has 2 N–H and O–H groups in total. The Morgan fingerprint density at radius 2 is 1.88 bits per heavy atom. The van der Waals surface area contributed by atoms with Crippen LogP contribution in [0.5, 0.6) is 17.2 Å². The van der Waals surface area contributed by atoms with Crippen molar-refractivity contribution >= 4 is 23.3 Å². The minimum Gasteiger partial charge on any atom is -0.489 e. The molecule has 0 spiro atoms. The van der Waals surface area contributed by atoms with Crippen molar-refractivity contribution in [3.8, 4) is 17.2 Å². The van der Waals surface area contributed by atoms with Crippen molar-refractivity contribution in [3.63, 3.8) is 0 Å². The first-order valence-corrected chi connectivity index (χ1v) is 10.1. The first-order chi connectivity index (χ1) is 16.2. The van der Waals surface area contributed by atoms with Crippen molar-refractivity contribution in [1.82, 2.24) is 10.3 Å². The Labute approximate surface area is 192 Å². The molecule has 4 rings (SSSR count). The molecule has 176 valence electrons. The number of fused-ring (bicyclic) bond motifs is 1. The van der Waals surface area contributed by atoms with Gasteiger partial charge in [0, 0.05) is 31.1 Å². The van der Waals surface area contributed by atoms with E-state index in [0.29, 0.717) is 22.9 Å². The molecule has 0 atom stereocenters. The standard InChI is InChI=1S/C23H19F3N4O4/c1-27-21(31)18-12-17(7-8-28-18)34-16-5-6-19-20(13-16)33-10-9-30(19)22(32)29-15-4-2-3-14(11-15)23(24,25)26/h2-8,11-13H,9-10H2,1H3,(H,27,31)(H,29,32). The molecule has 34 heavy (non-hydrogen) atoms. The van der Waals surface area contributed by atoms with Gasteiger partial charge in [-0.2, -0.15) is 13.2 Å². The Morgan fingerprint density at radius 1 is 1.09 bits per heavy atom. The Hall–Kier alpha value is -4.28. The van der Waals surface area contributed by atoms with Crippen LogP contribution in [0.2, 0.25) is 0 Å². The molecular weight excluding hydrogens is 453 g/mol. The van der Waals surface area contributed by atoms with Crippen LogP contribution in [0, 0.1) is 0 Å². The lowest BCUT2D eigenvalue weighted by Gasteiger charge is -2.30. The molecule has 0 unspecified atom stereocenters. The minimum absolute atomic E-state index is 0.0254. The average molecular weight is 472 g/mol. The molecule has 3 aromatic rings. The van der Waals surface area contributed by atoms with Gasteiger partial charge in [-0.1, -0.05) is 6.07 Å². The highest BCUT2D eigenvalue weighted by molar-refractivity contribution is 6.03. The molecule has 0 bridgehead atoms. The fourth-order valence-corrected chi connectivity index (χ4v) is 3.30. The number of anilines is 2. The van der Waals surface area contributed by atoms with Crippen LogP contribution in [-0.2, 0) is 6.18 Å². The van der Waals surface area contributed by atoms with Crippen LogP contribution >= 0.6 is 0 Å². The first-order valence-electron chi connectivity index (χ1n) is 10.1. The van der Waals surface area contributed by atoms with E-state index in [1.54, 1.807) is 24.3 Å². The van der Waals surface area contributed by atoms with Gasteiger partial charge in [0.2, 0.25) is 0 Å². The van der Waals surface area contributed by atoms with Gasteiger partial charge in [0.05, 0.1) is 17.8 Å². The van der Waals surface area contributed by atoms with Gasteiger partial charge < -0.3 is 20.1 Å². The molecular formula is C23H19F3N4O4. The number of amides is 3. The normalized spacial score (nSPS) is 12.9. The maximum absolute atomic E-state index is 13.0. The Morgan fingerprint density at radius 3 is 2.65 bits per heavy atom. The lowest BCUT2D eigenvalue weighted by Crippen LogP contribution is -2.40. The highest BCUT2D eigenvalue weighted by Crippen LogP contribution is 2.37. The lowest BCUT2D eigenvalue weighted by atomic mass is 10.2. The second kappa shape index (κ2) is 9.30. The third kappa shape index (κ3) is 5.03. The monoisotopic (exact) mass is 472 g/mol. The summed E-state index contributed by atoms with van der Waals surface area (Å²) in [5, 5.41) is 4.98. The van der Waals surface area contributed by atoms with Crippen LogP contribution < -0.4 is 25.0 Å². The quantitative estimate of drug-likeness (QED) is 0.575. The van der Waals surface area contributed by atoms with Crippen molar-refractivity contribution in [2.75, 3.05) is 30.4 Å². The summed E-state index contributed by atoms with van der Waals surface area (Å²) < 4.78 is 50.3. The number of pyridine rings is 1. The number of hydrogen-bond donors (Lipinski definition) is 2. The van der Waals surface area contributed by atoms with E-state index in [1.165, 1.54) is 36.3 Å². The maximum atomic E-state index is 13.0. The number of rotatable bonds is 4. The molecule has 1 aromatic heterocycles. The van der Waals surface area contributed by atoms with Gasteiger partial charge in [0.1, 0.15) is 29.5 Å². The summed E-state index contributed by atoms with van der Waals surface area (Å²) in [6.07, 6.45) is -3.08. The number of halogens is 3. The van der Waals surface area contributed by atoms with Crippen LogP contribution in [0.25, 0.3) is 0 Å². The van der Waals surface area contributed by atoms with E-state index in [1.807, 2.05) is 0 Å². The number of urea groups is 1. The molecule has 11 heteroatoms. The van der Waals surface area contributed by atoms with E-state index in [9.17, 15) is 22.8 Å². The van der Waals surface area contributed by atoms with Crippen LogP contribution in [0.1, 0.15) is 16.1 Å². The first kappa shape index (κ1) is 22.9. The van der Waals surface area contributed by atoms with Gasteiger partial charge >= 0.3 is 12.2 Å². The molecule has 0 aliphatic carbocycles. The highest BCUT2D eigenvalue weighted by Gasteiger charge is 2.31. The van der Waals surface area contributed by atoms with Gasteiger partial charge in [-0.05, 0) is 36.4 Å². The number of ether oxygens (including phenoxy) is 2. The topological polar surface area (TPSA) is 92.8 Å². The fraction of sp³-hybridized carbons (Fsp3) is 0.174. The SMILES string of the molecule is CNC(=O)c1cc(Oc2ccc3c(c2)OCCN3C(=O)Nc2cccc(C(F)(F)F)c2)ccn1. The van der Waals surface area contributed by atoms with Gasteiger partial charge in [-0.25, -0.2) is 4.79 Å². The molecule has 2 heterocycles. The predicted molar refractivity (Wildman–Crippen MR) is 117 cm³/mol.